The molecule has 5 heteroatoms. The van der Waals surface area contributed by atoms with E-state index in [0.717, 1.165) is 51.4 Å². The monoisotopic (exact) mass is 330 g/mol. The molecule has 2 unspecified atom stereocenters. The third-order valence-corrected chi connectivity index (χ3v) is 5.76. The second kappa shape index (κ2) is 6.37. The Balaban J connectivity index is 1.44. The summed E-state index contributed by atoms with van der Waals surface area (Å²) >= 11 is 0. The Bertz CT molecular complexity index is 558. The van der Waals surface area contributed by atoms with Crippen LogP contribution in [0.15, 0.2) is 24.4 Å². The zero-order valence-electron chi connectivity index (χ0n) is 14.9. The Morgan fingerprint density at radius 1 is 1.21 bits per heavy atom. The Hall–Kier alpha value is -1.01. The first-order valence-corrected chi connectivity index (χ1v) is 9.33. The van der Waals surface area contributed by atoms with Gasteiger partial charge in [0.1, 0.15) is 0 Å². The van der Waals surface area contributed by atoms with Crippen LogP contribution in [0.25, 0.3) is 0 Å². The number of aliphatic hydroxyl groups is 1. The fraction of sp³-hybridized carbons (Fsp3) is 0.737. The molecule has 24 heavy (non-hydrogen) atoms. The third-order valence-electron chi connectivity index (χ3n) is 5.76. The Morgan fingerprint density at radius 2 is 2.00 bits per heavy atom. The van der Waals surface area contributed by atoms with Crippen LogP contribution in [0, 0.1) is 5.92 Å². The minimum absolute atomic E-state index is 0.143. The fourth-order valence-corrected chi connectivity index (χ4v) is 5.07. The summed E-state index contributed by atoms with van der Waals surface area (Å²) in [4.78, 5) is 12.2. The smallest absolute Gasteiger partial charge is 0.0682 e. The van der Waals surface area contributed by atoms with Gasteiger partial charge in [0.15, 0.2) is 0 Å². The molecule has 0 amide bonds. The van der Waals surface area contributed by atoms with Crippen LogP contribution in [0.2, 0.25) is 0 Å². The van der Waals surface area contributed by atoms with E-state index in [2.05, 4.69) is 45.7 Å². The summed E-state index contributed by atoms with van der Waals surface area (Å²) in [6.07, 6.45) is 2.68. The van der Waals surface area contributed by atoms with Crippen molar-refractivity contribution in [1.29, 1.82) is 0 Å². The number of fused-ring (bicyclic) bond motifs is 2. The molecule has 1 spiro atoms. The number of pyridine rings is 1. The van der Waals surface area contributed by atoms with Crippen molar-refractivity contribution < 1.29 is 5.11 Å². The molecule has 1 aromatic heterocycles. The third kappa shape index (κ3) is 3.10. The quantitative estimate of drug-likeness (QED) is 0.894. The Labute approximate surface area is 145 Å². The lowest BCUT2D eigenvalue weighted by atomic mass is 9.83. The van der Waals surface area contributed by atoms with Crippen LogP contribution in [-0.4, -0.2) is 81.7 Å². The molecule has 4 heterocycles. The maximum Gasteiger partial charge on any atom is 0.0682 e. The Kier molecular flexibility index (Phi) is 4.37. The lowest BCUT2D eigenvalue weighted by molar-refractivity contribution is -0.118. The first-order chi connectivity index (χ1) is 11.5. The average Bonchev–Trinajstić information content (AvgIpc) is 2.87. The zero-order valence-corrected chi connectivity index (χ0v) is 14.9. The molecule has 0 aliphatic carbocycles. The second-order valence-electron chi connectivity index (χ2n) is 8.47. The van der Waals surface area contributed by atoms with Crippen LogP contribution in [0.5, 0.6) is 0 Å². The molecule has 0 radical (unpaired) electrons. The molecule has 3 saturated heterocycles. The summed E-state index contributed by atoms with van der Waals surface area (Å²) in [6, 6.07) is 6.68. The number of piperazine rings is 1. The highest BCUT2D eigenvalue weighted by atomic mass is 16.3. The van der Waals surface area contributed by atoms with Gasteiger partial charge in [0.2, 0.25) is 0 Å². The summed E-state index contributed by atoms with van der Waals surface area (Å²) in [5, 5.41) is 10.2. The van der Waals surface area contributed by atoms with Crippen molar-refractivity contribution in [2.24, 2.45) is 5.92 Å². The fourth-order valence-electron chi connectivity index (χ4n) is 5.07. The number of nitrogens with zero attached hydrogens (tertiary/aromatic N) is 4. The lowest BCUT2D eigenvalue weighted by Gasteiger charge is -2.61. The predicted octanol–water partition coefficient (Wildman–Crippen LogP) is 1.04. The van der Waals surface area contributed by atoms with Gasteiger partial charge in [-0.15, -0.1) is 0 Å². The second-order valence-corrected chi connectivity index (χ2v) is 8.47. The van der Waals surface area contributed by atoms with Gasteiger partial charge < -0.3 is 5.11 Å². The molecule has 1 N–H and O–H groups in total. The molecule has 5 nitrogen and oxygen atoms in total. The molecule has 3 fully saturated rings. The molecule has 3 aliphatic rings. The van der Waals surface area contributed by atoms with Gasteiger partial charge in [0.05, 0.1) is 17.3 Å². The maximum atomic E-state index is 10.2. The maximum absolute atomic E-state index is 10.2. The van der Waals surface area contributed by atoms with Crippen LogP contribution in [0.3, 0.4) is 0 Å². The average molecular weight is 330 g/mol. The normalized spacial score (nSPS) is 30.7. The van der Waals surface area contributed by atoms with E-state index in [-0.39, 0.29) is 11.6 Å². The molecule has 132 valence electrons. The van der Waals surface area contributed by atoms with Gasteiger partial charge >= 0.3 is 0 Å². The highest BCUT2D eigenvalue weighted by molar-refractivity contribution is 5.14. The summed E-state index contributed by atoms with van der Waals surface area (Å²) in [6.45, 7) is 12.0. The number of hydrogen-bond acceptors (Lipinski definition) is 5. The lowest BCUT2D eigenvalue weighted by Crippen LogP contribution is -2.77. The molecule has 2 atom stereocenters. The van der Waals surface area contributed by atoms with Crippen molar-refractivity contribution in [1.82, 2.24) is 19.7 Å². The van der Waals surface area contributed by atoms with E-state index in [0.29, 0.717) is 12.0 Å². The van der Waals surface area contributed by atoms with Crippen molar-refractivity contribution in [3.63, 3.8) is 0 Å². The molecule has 0 bridgehead atoms. The minimum atomic E-state index is -0.143. The summed E-state index contributed by atoms with van der Waals surface area (Å²) < 4.78 is 0. The van der Waals surface area contributed by atoms with E-state index >= 15 is 0 Å². The Morgan fingerprint density at radius 3 is 2.71 bits per heavy atom. The predicted molar refractivity (Wildman–Crippen MR) is 94.6 cm³/mol. The van der Waals surface area contributed by atoms with Crippen LogP contribution in [0.1, 0.15) is 26.0 Å². The van der Waals surface area contributed by atoms with E-state index in [9.17, 15) is 5.11 Å². The molecular formula is C19H30N4O. The van der Waals surface area contributed by atoms with Crippen molar-refractivity contribution in [3.05, 3.63) is 30.1 Å². The largest absolute Gasteiger partial charge is 0.392 e. The van der Waals surface area contributed by atoms with E-state index in [1.807, 2.05) is 12.3 Å². The highest BCUT2D eigenvalue weighted by Crippen LogP contribution is 2.39. The summed E-state index contributed by atoms with van der Waals surface area (Å²) in [5.41, 5.74) is 1.39. The number of aliphatic hydroxyl groups excluding tert-OH is 1. The van der Waals surface area contributed by atoms with Crippen molar-refractivity contribution in [3.8, 4) is 0 Å². The van der Waals surface area contributed by atoms with Crippen LogP contribution in [0.4, 0.5) is 0 Å². The number of rotatable bonds is 4. The van der Waals surface area contributed by atoms with Crippen LogP contribution < -0.4 is 0 Å². The van der Waals surface area contributed by atoms with Crippen LogP contribution >= 0.6 is 0 Å². The van der Waals surface area contributed by atoms with Crippen molar-refractivity contribution in [2.75, 3.05) is 39.3 Å². The first-order valence-electron chi connectivity index (χ1n) is 9.33. The summed E-state index contributed by atoms with van der Waals surface area (Å²) in [5.74, 6) is 0.699. The topological polar surface area (TPSA) is 42.8 Å². The van der Waals surface area contributed by atoms with E-state index < -0.39 is 0 Å². The summed E-state index contributed by atoms with van der Waals surface area (Å²) in [7, 11) is 0. The number of likely N-dealkylation sites (tertiary alicyclic amines) is 1. The SMILES string of the molecule is CC(C)CN1CC2CC(O)CN2C2(C1)CN(Cc1ccccn1)C2. The number of hydrogen-bond donors (Lipinski definition) is 1. The molecule has 3 aliphatic heterocycles. The standard InChI is InChI=1S/C19H30N4O/c1-15(2)8-21-10-17-7-18(24)11-23(17)19(12-21)13-22(14-19)9-16-5-3-4-6-20-16/h3-6,15,17-18,24H,7-14H2,1-2H3. The van der Waals surface area contributed by atoms with E-state index in [1.54, 1.807) is 0 Å². The van der Waals surface area contributed by atoms with Gasteiger partial charge in [-0.1, -0.05) is 19.9 Å². The molecule has 1 aromatic rings. The van der Waals surface area contributed by atoms with Crippen molar-refractivity contribution in [2.45, 2.75) is 44.5 Å². The van der Waals surface area contributed by atoms with Gasteiger partial charge in [0, 0.05) is 58.1 Å². The van der Waals surface area contributed by atoms with Gasteiger partial charge in [-0.05, 0) is 24.5 Å². The molecule has 0 saturated carbocycles. The van der Waals surface area contributed by atoms with Gasteiger partial charge in [-0.3, -0.25) is 19.7 Å². The number of aromatic nitrogens is 1. The van der Waals surface area contributed by atoms with Gasteiger partial charge in [-0.2, -0.15) is 0 Å². The van der Waals surface area contributed by atoms with Crippen LogP contribution in [-0.2, 0) is 6.54 Å². The number of β-amino-alcohol motifs (C(OH)–C–C–N with tert-alkyl or cyclic N) is 1. The van der Waals surface area contributed by atoms with Gasteiger partial charge in [-0.25, -0.2) is 0 Å². The molecular weight excluding hydrogens is 300 g/mol. The molecule has 0 aromatic carbocycles. The minimum Gasteiger partial charge on any atom is -0.392 e. The highest BCUT2D eigenvalue weighted by Gasteiger charge is 2.55. The van der Waals surface area contributed by atoms with E-state index in [4.69, 9.17) is 0 Å². The van der Waals surface area contributed by atoms with Crippen molar-refractivity contribution >= 4 is 0 Å². The van der Waals surface area contributed by atoms with E-state index in [1.165, 1.54) is 6.54 Å². The molecule has 4 rings (SSSR count). The van der Waals surface area contributed by atoms with Gasteiger partial charge in [0.25, 0.3) is 0 Å². The first kappa shape index (κ1) is 16.5. The zero-order chi connectivity index (χ0) is 16.7.